The zero-order chi connectivity index (χ0) is 12.3. The fourth-order valence-corrected chi connectivity index (χ4v) is 1.35. The SMILES string of the molecule is CC(C)(CO)NC(=O)c1cc(Cl)ncc1Cl. The summed E-state index contributed by atoms with van der Waals surface area (Å²) in [5.41, 5.74) is -0.473. The van der Waals surface area contributed by atoms with Crippen LogP contribution in [0.25, 0.3) is 0 Å². The summed E-state index contributed by atoms with van der Waals surface area (Å²) in [6.07, 6.45) is 1.31. The molecule has 0 aliphatic heterocycles. The predicted molar refractivity (Wildman–Crippen MR) is 62.9 cm³/mol. The lowest BCUT2D eigenvalue weighted by Crippen LogP contribution is -2.46. The Bertz CT molecular complexity index is 408. The summed E-state index contributed by atoms with van der Waals surface area (Å²) in [4.78, 5) is 15.5. The maximum atomic E-state index is 11.8. The van der Waals surface area contributed by atoms with E-state index >= 15 is 0 Å². The van der Waals surface area contributed by atoms with Crippen LogP contribution in [0.5, 0.6) is 0 Å². The van der Waals surface area contributed by atoms with Gasteiger partial charge in [0.15, 0.2) is 0 Å². The normalized spacial score (nSPS) is 11.3. The van der Waals surface area contributed by atoms with Gasteiger partial charge in [-0.15, -0.1) is 0 Å². The number of aliphatic hydroxyl groups is 1. The summed E-state index contributed by atoms with van der Waals surface area (Å²) in [5.74, 6) is -0.395. The first-order chi connectivity index (χ1) is 7.35. The summed E-state index contributed by atoms with van der Waals surface area (Å²) in [6.45, 7) is 3.22. The quantitative estimate of drug-likeness (QED) is 0.818. The van der Waals surface area contributed by atoms with E-state index in [2.05, 4.69) is 10.3 Å². The third-order valence-electron chi connectivity index (χ3n) is 1.91. The van der Waals surface area contributed by atoms with Gasteiger partial charge in [-0.05, 0) is 19.9 Å². The molecule has 0 saturated carbocycles. The molecule has 0 spiro atoms. The monoisotopic (exact) mass is 262 g/mol. The second-order valence-corrected chi connectivity index (χ2v) is 4.78. The summed E-state index contributed by atoms with van der Waals surface area (Å²) >= 11 is 11.5. The Morgan fingerprint density at radius 3 is 2.75 bits per heavy atom. The second kappa shape index (κ2) is 4.99. The number of hydrogen-bond donors (Lipinski definition) is 2. The molecule has 16 heavy (non-hydrogen) atoms. The highest BCUT2D eigenvalue weighted by Crippen LogP contribution is 2.18. The molecule has 2 N–H and O–H groups in total. The number of carbonyl (C=O) groups excluding carboxylic acids is 1. The molecule has 0 bridgehead atoms. The average molecular weight is 263 g/mol. The zero-order valence-corrected chi connectivity index (χ0v) is 10.4. The number of aliphatic hydroxyl groups excluding tert-OH is 1. The van der Waals surface area contributed by atoms with E-state index in [0.717, 1.165) is 0 Å². The molecule has 1 amide bonds. The third kappa shape index (κ3) is 3.33. The molecule has 88 valence electrons. The predicted octanol–water partition coefficient (Wildman–Crippen LogP) is 1.89. The van der Waals surface area contributed by atoms with Crippen molar-refractivity contribution in [1.82, 2.24) is 10.3 Å². The highest BCUT2D eigenvalue weighted by molar-refractivity contribution is 6.35. The van der Waals surface area contributed by atoms with Crippen LogP contribution in [0.1, 0.15) is 24.2 Å². The van der Waals surface area contributed by atoms with Crippen molar-refractivity contribution in [2.75, 3.05) is 6.61 Å². The lowest BCUT2D eigenvalue weighted by molar-refractivity contribution is 0.0869. The first kappa shape index (κ1) is 13.2. The minimum absolute atomic E-state index is 0.171. The first-order valence-electron chi connectivity index (χ1n) is 4.60. The molecule has 0 atom stereocenters. The van der Waals surface area contributed by atoms with Gasteiger partial charge in [-0.25, -0.2) is 4.98 Å². The second-order valence-electron chi connectivity index (χ2n) is 3.98. The van der Waals surface area contributed by atoms with E-state index in [1.54, 1.807) is 13.8 Å². The van der Waals surface area contributed by atoms with Crippen molar-refractivity contribution >= 4 is 29.1 Å². The van der Waals surface area contributed by atoms with E-state index in [1.165, 1.54) is 12.3 Å². The molecule has 0 aliphatic rings. The Labute approximate surface area is 104 Å². The zero-order valence-electron chi connectivity index (χ0n) is 8.92. The van der Waals surface area contributed by atoms with E-state index in [9.17, 15) is 4.79 Å². The standard InChI is InChI=1S/C10H12Cl2N2O2/c1-10(2,5-15)14-9(16)6-3-8(12)13-4-7(6)11/h3-4,15H,5H2,1-2H3,(H,14,16). The number of carbonyl (C=O) groups is 1. The molecule has 4 nitrogen and oxygen atoms in total. The molecule has 1 aromatic rings. The summed E-state index contributed by atoms with van der Waals surface area (Å²) < 4.78 is 0. The largest absolute Gasteiger partial charge is 0.394 e. The van der Waals surface area contributed by atoms with Gasteiger partial charge in [0.2, 0.25) is 0 Å². The molecule has 6 heteroatoms. The number of nitrogens with one attached hydrogen (secondary N) is 1. The smallest absolute Gasteiger partial charge is 0.253 e. The van der Waals surface area contributed by atoms with Crippen LogP contribution in [0.4, 0.5) is 0 Å². The molecule has 0 aliphatic carbocycles. The number of rotatable bonds is 3. The van der Waals surface area contributed by atoms with Crippen molar-refractivity contribution in [3.8, 4) is 0 Å². The summed E-state index contributed by atoms with van der Waals surface area (Å²) in [6, 6.07) is 1.38. The Kier molecular flexibility index (Phi) is 4.13. The summed E-state index contributed by atoms with van der Waals surface area (Å²) in [7, 11) is 0. The fourth-order valence-electron chi connectivity index (χ4n) is 1.00. The number of amides is 1. The van der Waals surface area contributed by atoms with Crippen LogP contribution >= 0.6 is 23.2 Å². The maximum Gasteiger partial charge on any atom is 0.253 e. The minimum Gasteiger partial charge on any atom is -0.394 e. The van der Waals surface area contributed by atoms with E-state index in [4.69, 9.17) is 28.3 Å². The van der Waals surface area contributed by atoms with Crippen LogP contribution in [-0.4, -0.2) is 28.1 Å². The van der Waals surface area contributed by atoms with Crippen molar-refractivity contribution in [2.24, 2.45) is 0 Å². The molecule has 0 aromatic carbocycles. The molecule has 1 heterocycles. The number of halogens is 2. The van der Waals surface area contributed by atoms with Gasteiger partial charge in [-0.3, -0.25) is 4.79 Å². The fraction of sp³-hybridized carbons (Fsp3) is 0.400. The number of nitrogens with zero attached hydrogens (tertiary/aromatic N) is 1. The van der Waals surface area contributed by atoms with Crippen LogP contribution in [0.2, 0.25) is 10.2 Å². The van der Waals surface area contributed by atoms with Gasteiger partial charge in [-0.1, -0.05) is 23.2 Å². The number of hydrogen-bond acceptors (Lipinski definition) is 3. The van der Waals surface area contributed by atoms with Gasteiger partial charge in [-0.2, -0.15) is 0 Å². The van der Waals surface area contributed by atoms with E-state index < -0.39 is 11.4 Å². The van der Waals surface area contributed by atoms with Gasteiger partial charge in [0, 0.05) is 6.20 Å². The van der Waals surface area contributed by atoms with Crippen LogP contribution in [0, 0.1) is 0 Å². The van der Waals surface area contributed by atoms with Crippen LogP contribution in [0.15, 0.2) is 12.3 Å². The highest BCUT2D eigenvalue weighted by Gasteiger charge is 2.21. The van der Waals surface area contributed by atoms with Gasteiger partial charge in [0.05, 0.1) is 22.7 Å². The molecular weight excluding hydrogens is 251 g/mol. The number of aromatic nitrogens is 1. The van der Waals surface area contributed by atoms with Crippen molar-refractivity contribution in [3.63, 3.8) is 0 Å². The number of pyridine rings is 1. The topological polar surface area (TPSA) is 62.2 Å². The molecule has 0 radical (unpaired) electrons. The molecule has 1 aromatic heterocycles. The molecule has 0 saturated heterocycles. The van der Waals surface area contributed by atoms with Crippen LogP contribution in [0.3, 0.4) is 0 Å². The minimum atomic E-state index is -0.712. The highest BCUT2D eigenvalue weighted by atomic mass is 35.5. The van der Waals surface area contributed by atoms with Gasteiger partial charge < -0.3 is 10.4 Å². The first-order valence-corrected chi connectivity index (χ1v) is 5.36. The lowest BCUT2D eigenvalue weighted by Gasteiger charge is -2.23. The Morgan fingerprint density at radius 1 is 1.56 bits per heavy atom. The molecular formula is C10H12Cl2N2O2. The molecule has 1 rings (SSSR count). The maximum absolute atomic E-state index is 11.8. The lowest BCUT2D eigenvalue weighted by atomic mass is 10.1. The molecule has 0 fully saturated rings. The Morgan fingerprint density at radius 2 is 2.19 bits per heavy atom. The van der Waals surface area contributed by atoms with Crippen molar-refractivity contribution < 1.29 is 9.90 Å². The van der Waals surface area contributed by atoms with E-state index in [1.807, 2.05) is 0 Å². The third-order valence-corrected chi connectivity index (χ3v) is 2.42. The van der Waals surface area contributed by atoms with Gasteiger partial charge >= 0.3 is 0 Å². The van der Waals surface area contributed by atoms with Crippen LogP contribution < -0.4 is 5.32 Å². The van der Waals surface area contributed by atoms with Gasteiger partial charge in [0.25, 0.3) is 5.91 Å². The van der Waals surface area contributed by atoms with Gasteiger partial charge in [0.1, 0.15) is 5.15 Å². The summed E-state index contributed by atoms with van der Waals surface area (Å²) in [5, 5.41) is 12.1. The van der Waals surface area contributed by atoms with E-state index in [0.29, 0.717) is 0 Å². The van der Waals surface area contributed by atoms with Crippen LogP contribution in [-0.2, 0) is 0 Å². The van der Waals surface area contributed by atoms with E-state index in [-0.39, 0.29) is 22.3 Å². The van der Waals surface area contributed by atoms with Crippen molar-refractivity contribution in [3.05, 3.63) is 28.0 Å². The van der Waals surface area contributed by atoms with Crippen molar-refractivity contribution in [1.29, 1.82) is 0 Å². The van der Waals surface area contributed by atoms with Crippen molar-refractivity contribution in [2.45, 2.75) is 19.4 Å². The molecule has 0 unspecified atom stereocenters. The Balaban J connectivity index is 2.93. The average Bonchev–Trinajstić information content (AvgIpc) is 2.21. The Hall–Kier alpha value is -0.840.